The molecule has 468 valence electrons. The number of amides is 3. The van der Waals surface area contributed by atoms with E-state index in [0.29, 0.717) is 87.9 Å². The largest absolute Gasteiger partial charge is 1.00 e. The summed E-state index contributed by atoms with van der Waals surface area (Å²) in [5, 5.41) is 24.9. The van der Waals surface area contributed by atoms with Crippen molar-refractivity contribution < 1.29 is 66.6 Å². The Hall–Kier alpha value is -8.35. The molecule has 3 amide bonds. The third-order valence-corrected chi connectivity index (χ3v) is 16.7. The van der Waals surface area contributed by atoms with E-state index in [1.54, 1.807) is 20.3 Å². The van der Waals surface area contributed by atoms with Crippen molar-refractivity contribution in [2.75, 3.05) is 66.6 Å². The molecule has 3 aromatic heterocycles. The monoisotopic (exact) mass is 1240 g/mol. The molecule has 9 aromatic rings. The molecular formula is C68H79ClLiN10O10+. The van der Waals surface area contributed by atoms with E-state index in [0.717, 1.165) is 96.7 Å². The van der Waals surface area contributed by atoms with Crippen molar-refractivity contribution in [2.45, 2.75) is 91.1 Å². The number of ketones is 2. The Bertz CT molecular complexity index is 3980. The maximum atomic E-state index is 14.0. The normalized spacial score (nSPS) is 15.0. The van der Waals surface area contributed by atoms with Crippen LogP contribution in [0.1, 0.15) is 97.2 Å². The summed E-state index contributed by atoms with van der Waals surface area (Å²) < 4.78 is 17.0. The summed E-state index contributed by atoms with van der Waals surface area (Å²) in [7, 11) is 3.24. The smallest absolute Gasteiger partial charge is 0.497 e. The van der Waals surface area contributed by atoms with E-state index in [4.69, 9.17) is 19.7 Å². The summed E-state index contributed by atoms with van der Waals surface area (Å²) in [6.07, 6.45) is 4.04. The average molecular weight is 1240 g/mol. The van der Waals surface area contributed by atoms with Crippen LogP contribution < -0.4 is 39.6 Å². The van der Waals surface area contributed by atoms with Crippen LogP contribution in [0, 0.1) is 13.8 Å². The molecule has 2 aliphatic heterocycles. The summed E-state index contributed by atoms with van der Waals surface area (Å²) in [6.45, 7) is 12.2. The second-order valence-electron chi connectivity index (χ2n) is 22.3. The van der Waals surface area contributed by atoms with Crippen LogP contribution in [0.25, 0.3) is 54.8 Å². The molecule has 0 aliphatic carbocycles. The SMILES string of the molecule is CCC(=O)CCCN1CCN(C(=O)Cc2c(C)[nH]c3ccc(OC)cc23)C(C(=O)O)C1.CCC(=O)CCCN1CCN(C(=O)Cc2c(C)[nH]c3ccc(OC)cc23)C(c2nnc(-c3ccc4ccccc4c3)o2)C1.Cl.NNC(=O)c1ccc2ccccc2c1.[Li+]. The number of rotatable bonds is 20. The number of nitrogens with one attached hydrogen (secondary N) is 3. The molecule has 6 N–H and O–H groups in total. The van der Waals surface area contributed by atoms with Gasteiger partial charge in [0.25, 0.3) is 5.91 Å². The number of hydrazine groups is 1. The Labute approximate surface area is 541 Å². The average Bonchev–Trinajstić information content (AvgIpc) is 1.76. The van der Waals surface area contributed by atoms with E-state index < -0.39 is 18.1 Å². The molecule has 2 saturated heterocycles. The van der Waals surface area contributed by atoms with Crippen molar-refractivity contribution in [3.8, 4) is 23.0 Å². The number of carbonyl (C=O) groups excluding carboxylic acids is 5. The fraction of sp³-hybridized carbons (Fsp3) is 0.353. The van der Waals surface area contributed by atoms with Gasteiger partial charge in [0.1, 0.15) is 35.1 Å². The first-order chi connectivity index (χ1) is 42.6. The van der Waals surface area contributed by atoms with Crippen LogP contribution >= 0.6 is 12.4 Å². The Morgan fingerprint density at radius 1 is 0.633 bits per heavy atom. The van der Waals surface area contributed by atoms with Crippen LogP contribution in [0.4, 0.5) is 0 Å². The number of aryl methyl sites for hydroxylation is 2. The Morgan fingerprint density at radius 3 is 1.66 bits per heavy atom. The first-order valence-corrected chi connectivity index (χ1v) is 30.0. The number of piperazine rings is 2. The van der Waals surface area contributed by atoms with E-state index in [9.17, 15) is 33.9 Å². The van der Waals surface area contributed by atoms with Gasteiger partial charge in [0.15, 0.2) is 0 Å². The molecule has 20 nitrogen and oxygen atoms in total. The molecule has 0 saturated carbocycles. The first kappa shape index (κ1) is 69.1. The number of aliphatic carboxylic acids is 1. The number of hydrogen-bond donors (Lipinski definition) is 5. The van der Waals surface area contributed by atoms with Gasteiger partial charge in [0, 0.05) is 109 Å². The number of methoxy groups -OCH3 is 2. The van der Waals surface area contributed by atoms with E-state index in [1.165, 1.54) is 4.90 Å². The molecule has 6 aromatic carbocycles. The predicted molar refractivity (Wildman–Crippen MR) is 346 cm³/mol. The predicted octanol–water partition coefficient (Wildman–Crippen LogP) is 7.13. The van der Waals surface area contributed by atoms with Crippen molar-refractivity contribution in [3.63, 3.8) is 0 Å². The van der Waals surface area contributed by atoms with Gasteiger partial charge >= 0.3 is 24.8 Å². The quantitative estimate of drug-likeness (QED) is 0.0220. The fourth-order valence-corrected chi connectivity index (χ4v) is 11.6. The number of halogens is 1. The van der Waals surface area contributed by atoms with Gasteiger partial charge < -0.3 is 38.8 Å². The van der Waals surface area contributed by atoms with Crippen LogP contribution in [0.15, 0.2) is 126 Å². The molecule has 22 heteroatoms. The zero-order valence-electron chi connectivity index (χ0n) is 52.3. The van der Waals surface area contributed by atoms with Crippen LogP contribution in [0.2, 0.25) is 0 Å². The Kier molecular flexibility index (Phi) is 24.9. The molecule has 2 aliphatic rings. The molecule has 0 radical (unpaired) electrons. The number of ether oxygens (including phenoxy) is 2. The van der Waals surface area contributed by atoms with Gasteiger partial charge in [-0.1, -0.05) is 74.5 Å². The van der Waals surface area contributed by atoms with Crippen molar-refractivity contribution in [1.82, 2.24) is 45.2 Å². The zero-order valence-corrected chi connectivity index (χ0v) is 53.1. The minimum Gasteiger partial charge on any atom is -0.497 e. The number of nitrogen functional groups attached to an aromatic ring is 1. The van der Waals surface area contributed by atoms with Gasteiger partial charge in [0.2, 0.25) is 23.6 Å². The topological polar surface area (TPSA) is 263 Å². The van der Waals surface area contributed by atoms with Gasteiger partial charge in [-0.3, -0.25) is 39.2 Å². The summed E-state index contributed by atoms with van der Waals surface area (Å²) in [4.78, 5) is 88.0. The van der Waals surface area contributed by atoms with Crippen LogP contribution in [-0.4, -0.2) is 153 Å². The Morgan fingerprint density at radius 2 is 1.13 bits per heavy atom. The van der Waals surface area contributed by atoms with Gasteiger partial charge in [-0.2, -0.15) is 0 Å². The summed E-state index contributed by atoms with van der Waals surface area (Å²) in [5.41, 5.74) is 9.09. The zero-order chi connectivity index (χ0) is 62.4. The van der Waals surface area contributed by atoms with E-state index in [2.05, 4.69) is 42.6 Å². The standard InChI is InChI=1S/C34H37N5O4.C23H31N3O5.C11H10N2O.ClH.Li/c1-4-26(40)10-7-15-38-16-17-39(32(41)20-28-22(2)35-30-14-13-27(42-3)19-29(28)30)31(21-38)34-37-36-33(43-34)25-12-11-23-8-5-6-9-24(23)18-25;1-4-16(27)6-5-9-25-10-11-26(21(14-25)23(29)30)22(28)13-18-15(2)24-20-8-7-17(31-3)12-19(18)20;12-13-11(14)10-6-5-8-3-1-2-4-9(8)7-10;;/h5-6,8-9,11-14,18-19,31,35H,4,7,10,15-17,20-21H2,1-3H3;7-8,12,21,24H,4-6,9-11,13-14H2,1-3H3,(H,29,30);1-7H,12H2,(H,13,14);1H;/q;;;;+1. The van der Waals surface area contributed by atoms with Crippen molar-refractivity contribution in [2.24, 2.45) is 5.84 Å². The third-order valence-electron chi connectivity index (χ3n) is 16.7. The molecular weight excluding hydrogens is 1160 g/mol. The third kappa shape index (κ3) is 16.9. The number of H-pyrrole nitrogens is 2. The maximum Gasteiger partial charge on any atom is 1.00 e. The van der Waals surface area contributed by atoms with Crippen LogP contribution in [-0.2, 0) is 36.8 Å². The number of carboxylic acids is 1. The number of aromatic nitrogens is 4. The number of benzene rings is 6. The fourth-order valence-electron chi connectivity index (χ4n) is 11.6. The number of carboxylic acid groups (broad SMARTS) is 1. The van der Waals surface area contributed by atoms with Gasteiger partial charge in [0.05, 0.1) is 27.1 Å². The minimum absolute atomic E-state index is 0. The van der Waals surface area contributed by atoms with Gasteiger partial charge in [-0.15, -0.1) is 22.6 Å². The summed E-state index contributed by atoms with van der Waals surface area (Å²) in [6, 6.07) is 37.8. The molecule has 5 heterocycles. The molecule has 2 fully saturated rings. The van der Waals surface area contributed by atoms with E-state index in [1.807, 2.05) is 141 Å². The van der Waals surface area contributed by atoms with Crippen LogP contribution in [0.3, 0.4) is 0 Å². The van der Waals surface area contributed by atoms with E-state index >= 15 is 0 Å². The number of carbonyl (C=O) groups is 6. The maximum absolute atomic E-state index is 14.0. The van der Waals surface area contributed by atoms with Crippen molar-refractivity contribution in [3.05, 3.63) is 155 Å². The number of nitrogens with two attached hydrogens (primary N) is 1. The number of Topliss-reactive ketones (excluding diaryl/α,β-unsaturated/α-hetero) is 2. The van der Waals surface area contributed by atoms with Gasteiger partial charge in [-0.25, -0.2) is 10.6 Å². The first-order valence-electron chi connectivity index (χ1n) is 30.0. The molecule has 0 spiro atoms. The van der Waals surface area contributed by atoms with Crippen LogP contribution in [0.5, 0.6) is 11.5 Å². The van der Waals surface area contributed by atoms with Gasteiger partial charge in [-0.05, 0) is 133 Å². The minimum atomic E-state index is -1.000. The second kappa shape index (κ2) is 32.4. The molecule has 2 unspecified atom stereocenters. The molecule has 11 rings (SSSR count). The van der Waals surface area contributed by atoms with E-state index in [-0.39, 0.29) is 79.9 Å². The molecule has 2 atom stereocenters. The van der Waals surface area contributed by atoms with Crippen molar-refractivity contribution >= 4 is 91.0 Å². The summed E-state index contributed by atoms with van der Waals surface area (Å²) >= 11 is 0. The summed E-state index contributed by atoms with van der Waals surface area (Å²) in [5.74, 6) is 6.38. The number of hydrogen-bond acceptors (Lipinski definition) is 14. The Balaban J connectivity index is 0.000000213. The number of fused-ring (bicyclic) bond motifs is 4. The molecule has 90 heavy (non-hydrogen) atoms. The molecule has 0 bridgehead atoms. The second-order valence-corrected chi connectivity index (χ2v) is 22.3. The van der Waals surface area contributed by atoms with Crippen molar-refractivity contribution in [1.29, 1.82) is 0 Å². The number of aromatic amines is 2. The number of nitrogens with zero attached hydrogens (tertiary/aromatic N) is 6.